The molecule has 108 valence electrons. The van der Waals surface area contributed by atoms with Gasteiger partial charge in [0, 0.05) is 25.0 Å². The molecule has 0 unspecified atom stereocenters. The third kappa shape index (κ3) is 4.82. The number of methoxy groups -OCH3 is 1. The molecule has 0 saturated heterocycles. The SMILES string of the molecule is COc1ccc(COC([C@H](C)CO)[C@H](C)CO)cc1. The summed E-state index contributed by atoms with van der Waals surface area (Å²) in [6, 6.07) is 7.67. The van der Waals surface area contributed by atoms with E-state index in [4.69, 9.17) is 9.47 Å². The highest BCUT2D eigenvalue weighted by atomic mass is 16.5. The van der Waals surface area contributed by atoms with Crippen LogP contribution < -0.4 is 4.74 Å². The van der Waals surface area contributed by atoms with E-state index in [2.05, 4.69) is 0 Å². The van der Waals surface area contributed by atoms with Gasteiger partial charge >= 0.3 is 0 Å². The van der Waals surface area contributed by atoms with Crippen molar-refractivity contribution in [3.8, 4) is 5.75 Å². The van der Waals surface area contributed by atoms with Gasteiger partial charge in [0.1, 0.15) is 5.75 Å². The quantitative estimate of drug-likeness (QED) is 0.755. The lowest BCUT2D eigenvalue weighted by Gasteiger charge is -2.27. The van der Waals surface area contributed by atoms with Crippen LogP contribution in [0.1, 0.15) is 19.4 Å². The largest absolute Gasteiger partial charge is 0.497 e. The molecule has 0 aliphatic rings. The number of aliphatic hydroxyl groups excluding tert-OH is 2. The maximum absolute atomic E-state index is 9.24. The highest BCUT2D eigenvalue weighted by Gasteiger charge is 2.23. The minimum Gasteiger partial charge on any atom is -0.497 e. The highest BCUT2D eigenvalue weighted by molar-refractivity contribution is 5.26. The third-order valence-corrected chi connectivity index (χ3v) is 3.30. The Bertz CT molecular complexity index is 340. The fraction of sp³-hybridized carbons (Fsp3) is 0.600. The Morgan fingerprint density at radius 2 is 1.53 bits per heavy atom. The number of hydrogen-bond donors (Lipinski definition) is 2. The van der Waals surface area contributed by atoms with Gasteiger partial charge in [-0.1, -0.05) is 26.0 Å². The average molecular weight is 268 g/mol. The van der Waals surface area contributed by atoms with Gasteiger partial charge in [-0.3, -0.25) is 0 Å². The Morgan fingerprint density at radius 1 is 1.00 bits per heavy atom. The second-order valence-electron chi connectivity index (χ2n) is 4.94. The molecule has 0 fully saturated rings. The van der Waals surface area contributed by atoms with Crippen LogP contribution >= 0.6 is 0 Å². The molecule has 0 radical (unpaired) electrons. The number of aliphatic hydroxyl groups is 2. The first-order valence-electron chi connectivity index (χ1n) is 6.58. The monoisotopic (exact) mass is 268 g/mol. The van der Waals surface area contributed by atoms with Gasteiger partial charge < -0.3 is 19.7 Å². The van der Waals surface area contributed by atoms with Crippen molar-refractivity contribution in [1.82, 2.24) is 0 Å². The second kappa shape index (κ2) is 8.15. The molecule has 0 heterocycles. The molecule has 0 aromatic heterocycles. The van der Waals surface area contributed by atoms with Crippen LogP contribution in [0.25, 0.3) is 0 Å². The molecule has 0 aliphatic carbocycles. The molecular formula is C15H24O4. The summed E-state index contributed by atoms with van der Waals surface area (Å²) in [5.74, 6) is 0.813. The van der Waals surface area contributed by atoms with Crippen LogP contribution in [0.2, 0.25) is 0 Å². The molecule has 1 aromatic rings. The van der Waals surface area contributed by atoms with Crippen LogP contribution in [0, 0.1) is 11.8 Å². The van der Waals surface area contributed by atoms with Gasteiger partial charge in [-0.25, -0.2) is 0 Å². The van der Waals surface area contributed by atoms with Crippen molar-refractivity contribution >= 4 is 0 Å². The summed E-state index contributed by atoms with van der Waals surface area (Å²) in [7, 11) is 1.63. The van der Waals surface area contributed by atoms with E-state index in [0.717, 1.165) is 11.3 Å². The van der Waals surface area contributed by atoms with Gasteiger partial charge in [-0.2, -0.15) is 0 Å². The van der Waals surface area contributed by atoms with Crippen LogP contribution in [0.5, 0.6) is 5.75 Å². The summed E-state index contributed by atoms with van der Waals surface area (Å²) >= 11 is 0. The molecule has 2 atom stereocenters. The zero-order chi connectivity index (χ0) is 14.3. The molecule has 4 heteroatoms. The Kier molecular flexibility index (Phi) is 6.84. The first kappa shape index (κ1) is 16.0. The molecule has 1 aromatic carbocycles. The minimum atomic E-state index is -0.155. The maximum atomic E-state index is 9.24. The van der Waals surface area contributed by atoms with Crippen molar-refractivity contribution in [2.24, 2.45) is 11.8 Å². The van der Waals surface area contributed by atoms with E-state index in [-0.39, 0.29) is 31.2 Å². The van der Waals surface area contributed by atoms with Gasteiger partial charge in [0.2, 0.25) is 0 Å². The van der Waals surface area contributed by atoms with Gasteiger partial charge in [0.15, 0.2) is 0 Å². The number of benzene rings is 1. The van der Waals surface area contributed by atoms with Crippen LogP contribution in [0.15, 0.2) is 24.3 Å². The molecule has 1 rings (SSSR count). The summed E-state index contributed by atoms with van der Waals surface area (Å²) in [5, 5.41) is 18.5. The van der Waals surface area contributed by atoms with Crippen LogP contribution in [-0.2, 0) is 11.3 Å². The molecule has 0 bridgehead atoms. The van der Waals surface area contributed by atoms with Crippen LogP contribution in [0.4, 0.5) is 0 Å². The summed E-state index contributed by atoms with van der Waals surface area (Å²) in [6.45, 7) is 4.41. The second-order valence-corrected chi connectivity index (χ2v) is 4.94. The van der Waals surface area contributed by atoms with E-state index >= 15 is 0 Å². The van der Waals surface area contributed by atoms with Gasteiger partial charge in [-0.05, 0) is 17.7 Å². The van der Waals surface area contributed by atoms with Crippen molar-refractivity contribution in [2.45, 2.75) is 26.6 Å². The van der Waals surface area contributed by atoms with Crippen molar-refractivity contribution in [1.29, 1.82) is 0 Å². The summed E-state index contributed by atoms with van der Waals surface area (Å²) in [4.78, 5) is 0. The Hall–Kier alpha value is -1.10. The van der Waals surface area contributed by atoms with Crippen molar-refractivity contribution in [2.75, 3.05) is 20.3 Å². The third-order valence-electron chi connectivity index (χ3n) is 3.30. The van der Waals surface area contributed by atoms with Gasteiger partial charge in [0.05, 0.1) is 19.8 Å². The first-order chi connectivity index (χ1) is 9.12. The predicted molar refractivity (Wildman–Crippen MR) is 74.1 cm³/mol. The summed E-state index contributed by atoms with van der Waals surface area (Å²) in [5.41, 5.74) is 1.04. The molecule has 19 heavy (non-hydrogen) atoms. The Labute approximate surface area is 115 Å². The maximum Gasteiger partial charge on any atom is 0.118 e. The first-order valence-corrected chi connectivity index (χ1v) is 6.58. The van der Waals surface area contributed by atoms with Crippen molar-refractivity contribution < 1.29 is 19.7 Å². The standard InChI is InChI=1S/C15H24O4/c1-11(8-16)15(12(2)9-17)19-10-13-4-6-14(18-3)7-5-13/h4-7,11-12,15-17H,8-10H2,1-3H3/t11-,12-/m1/s1. The lowest BCUT2D eigenvalue weighted by Crippen LogP contribution is -2.33. The van der Waals surface area contributed by atoms with E-state index in [1.807, 2.05) is 38.1 Å². The zero-order valence-electron chi connectivity index (χ0n) is 11.9. The lowest BCUT2D eigenvalue weighted by molar-refractivity contribution is -0.0534. The van der Waals surface area contributed by atoms with E-state index < -0.39 is 0 Å². The van der Waals surface area contributed by atoms with E-state index in [1.54, 1.807) is 7.11 Å². The van der Waals surface area contributed by atoms with Crippen LogP contribution in [0.3, 0.4) is 0 Å². The molecule has 0 saturated carbocycles. The van der Waals surface area contributed by atoms with E-state index in [9.17, 15) is 10.2 Å². The summed E-state index contributed by atoms with van der Waals surface area (Å²) in [6.07, 6.45) is -0.155. The normalized spacial score (nSPS) is 14.4. The topological polar surface area (TPSA) is 58.9 Å². The lowest BCUT2D eigenvalue weighted by atomic mass is 9.94. The van der Waals surface area contributed by atoms with Crippen molar-refractivity contribution in [3.63, 3.8) is 0 Å². The molecule has 4 nitrogen and oxygen atoms in total. The van der Waals surface area contributed by atoms with Crippen LogP contribution in [-0.4, -0.2) is 36.6 Å². The number of hydrogen-bond acceptors (Lipinski definition) is 4. The summed E-state index contributed by atoms with van der Waals surface area (Å²) < 4.78 is 10.9. The molecule has 2 N–H and O–H groups in total. The van der Waals surface area contributed by atoms with Gasteiger partial charge in [-0.15, -0.1) is 0 Å². The Morgan fingerprint density at radius 3 is 1.95 bits per heavy atom. The average Bonchev–Trinajstić information content (AvgIpc) is 2.47. The Balaban J connectivity index is 2.59. The molecule has 0 spiro atoms. The number of rotatable bonds is 8. The fourth-order valence-electron chi connectivity index (χ4n) is 2.01. The van der Waals surface area contributed by atoms with Crippen molar-refractivity contribution in [3.05, 3.63) is 29.8 Å². The predicted octanol–water partition coefficient (Wildman–Crippen LogP) is 1.84. The highest BCUT2D eigenvalue weighted by Crippen LogP contribution is 2.19. The van der Waals surface area contributed by atoms with Gasteiger partial charge in [0.25, 0.3) is 0 Å². The van der Waals surface area contributed by atoms with E-state index in [0.29, 0.717) is 6.61 Å². The molecule has 0 aliphatic heterocycles. The van der Waals surface area contributed by atoms with E-state index in [1.165, 1.54) is 0 Å². The molecule has 0 amide bonds. The number of ether oxygens (including phenoxy) is 2. The zero-order valence-corrected chi connectivity index (χ0v) is 11.9. The minimum absolute atomic E-state index is 0.000369. The molecular weight excluding hydrogens is 244 g/mol. The smallest absolute Gasteiger partial charge is 0.118 e. The fourth-order valence-corrected chi connectivity index (χ4v) is 2.01.